The van der Waals surface area contributed by atoms with Gasteiger partial charge >= 0.3 is 0 Å². The first-order valence-electron chi connectivity index (χ1n) is 8.88. The second-order valence-corrected chi connectivity index (χ2v) is 8.89. The number of rotatable bonds is 9. The summed E-state index contributed by atoms with van der Waals surface area (Å²) in [7, 11) is -0.814. The van der Waals surface area contributed by atoms with Crippen LogP contribution in [-0.2, 0) is 16.6 Å². The molecule has 3 N–H and O–H groups in total. The number of nitrogens with one attached hydrogen (secondary N) is 2. The molecular formula is C20H24ClN5O3S. The average Bonchev–Trinajstić information content (AvgIpc) is 2.71. The summed E-state index contributed by atoms with van der Waals surface area (Å²) >= 11 is 6.21. The molecule has 0 radical (unpaired) electrons. The molecule has 0 aliphatic heterocycles. The third-order valence-corrected chi connectivity index (χ3v) is 6.19. The Morgan fingerprint density at radius 2 is 1.97 bits per heavy atom. The number of hydrogen-bond acceptors (Lipinski definition) is 7. The van der Waals surface area contributed by atoms with Crippen molar-refractivity contribution in [3.05, 3.63) is 76.5 Å². The van der Waals surface area contributed by atoms with Gasteiger partial charge in [-0.15, -0.1) is 0 Å². The minimum Gasteiger partial charge on any atom is -0.392 e. The lowest BCUT2D eigenvalue weighted by Crippen LogP contribution is -2.25. The normalized spacial score (nSPS) is 12.7. The quantitative estimate of drug-likeness (QED) is 0.501. The Bertz CT molecular complexity index is 1060. The largest absolute Gasteiger partial charge is 0.392 e. The van der Waals surface area contributed by atoms with Gasteiger partial charge in [0, 0.05) is 25.5 Å². The molecule has 160 valence electrons. The fourth-order valence-electron chi connectivity index (χ4n) is 2.33. The van der Waals surface area contributed by atoms with E-state index < -0.39 is 10.0 Å². The second-order valence-electron chi connectivity index (χ2n) is 6.37. The Morgan fingerprint density at radius 3 is 2.53 bits per heavy atom. The van der Waals surface area contributed by atoms with E-state index in [1.807, 2.05) is 0 Å². The van der Waals surface area contributed by atoms with Crippen LogP contribution in [0, 0.1) is 0 Å². The molecule has 0 aliphatic rings. The Balaban J connectivity index is 2.37. The summed E-state index contributed by atoms with van der Waals surface area (Å²) in [5.74, 6) is 0.516. The number of aromatic nitrogens is 2. The first-order chi connectivity index (χ1) is 14.2. The van der Waals surface area contributed by atoms with E-state index in [0.717, 1.165) is 15.6 Å². The summed E-state index contributed by atoms with van der Waals surface area (Å²) < 4.78 is 26.4. The van der Waals surface area contributed by atoms with Crippen molar-refractivity contribution in [2.45, 2.75) is 13.5 Å². The number of anilines is 3. The molecule has 0 fully saturated rings. The van der Waals surface area contributed by atoms with E-state index in [2.05, 4.69) is 27.2 Å². The van der Waals surface area contributed by atoms with Crippen LogP contribution < -0.4 is 10.6 Å². The van der Waals surface area contributed by atoms with Gasteiger partial charge in [-0.1, -0.05) is 42.5 Å². The summed E-state index contributed by atoms with van der Waals surface area (Å²) in [5.41, 5.74) is 1.83. The van der Waals surface area contributed by atoms with E-state index in [0.29, 0.717) is 5.70 Å². The zero-order chi connectivity index (χ0) is 22.3. The van der Waals surface area contributed by atoms with Crippen molar-refractivity contribution in [3.63, 3.8) is 0 Å². The molecule has 1 aromatic heterocycles. The number of aliphatic hydroxyl groups is 1. The van der Waals surface area contributed by atoms with Gasteiger partial charge in [0.1, 0.15) is 9.93 Å². The number of allylic oxidation sites excluding steroid dienone is 4. The van der Waals surface area contributed by atoms with Gasteiger partial charge < -0.3 is 15.7 Å². The lowest BCUT2D eigenvalue weighted by molar-refractivity contribution is 0.282. The van der Waals surface area contributed by atoms with Gasteiger partial charge in [0.05, 0.1) is 12.8 Å². The monoisotopic (exact) mass is 449 g/mol. The van der Waals surface area contributed by atoms with Gasteiger partial charge in [-0.05, 0) is 30.7 Å². The Labute approximate surface area is 181 Å². The highest BCUT2D eigenvalue weighted by atomic mass is 35.5. The van der Waals surface area contributed by atoms with Crippen molar-refractivity contribution < 1.29 is 13.5 Å². The number of hydrogen-bond donors (Lipinski definition) is 3. The van der Waals surface area contributed by atoms with Gasteiger partial charge in [-0.3, -0.25) is 0 Å². The van der Waals surface area contributed by atoms with E-state index in [9.17, 15) is 8.42 Å². The molecule has 2 rings (SSSR count). The van der Waals surface area contributed by atoms with Gasteiger partial charge in [0.15, 0.2) is 5.82 Å². The Morgan fingerprint density at radius 1 is 1.30 bits per heavy atom. The smallest absolute Gasteiger partial charge is 0.244 e. The van der Waals surface area contributed by atoms with E-state index in [4.69, 9.17) is 16.7 Å². The average molecular weight is 450 g/mol. The van der Waals surface area contributed by atoms with Crippen molar-refractivity contribution in [3.8, 4) is 0 Å². The number of nitrogens with zero attached hydrogens (tertiary/aromatic N) is 3. The van der Waals surface area contributed by atoms with Crippen molar-refractivity contribution in [1.82, 2.24) is 14.3 Å². The zero-order valence-electron chi connectivity index (χ0n) is 16.9. The molecule has 0 saturated heterocycles. The van der Waals surface area contributed by atoms with Crippen LogP contribution in [0.5, 0.6) is 0 Å². The maximum atomic E-state index is 12.7. The van der Waals surface area contributed by atoms with Gasteiger partial charge in [0.25, 0.3) is 0 Å². The molecule has 0 saturated carbocycles. The summed E-state index contributed by atoms with van der Waals surface area (Å²) in [6.45, 7) is 5.15. The second kappa shape index (κ2) is 10.4. The first-order valence-corrected chi connectivity index (χ1v) is 10.7. The minimum absolute atomic E-state index is 0.0457. The fraction of sp³-hybridized carbons (Fsp3) is 0.200. The lowest BCUT2D eigenvalue weighted by atomic mass is 10.2. The molecular weight excluding hydrogens is 426 g/mol. The van der Waals surface area contributed by atoms with Crippen LogP contribution in [0.2, 0.25) is 5.02 Å². The van der Waals surface area contributed by atoms with Crippen LogP contribution in [0.3, 0.4) is 0 Å². The summed E-state index contributed by atoms with van der Waals surface area (Å²) in [6, 6.07) is 7.11. The lowest BCUT2D eigenvalue weighted by Gasteiger charge is -2.16. The Hall–Kier alpha value is -2.72. The molecule has 1 aromatic carbocycles. The number of aliphatic hydroxyl groups excluding tert-OH is 1. The standard InChI is InChI=1S/C20H24ClN5O3S/c1-5-6-7-18(30(28,29)26(3)4)14(2)23-19-17(21)12-22-20(25-19)24-16-10-8-15(13-27)9-11-16/h5-12,27H,1,13H2,2-4H3,(H2,22,23,24,25)/b7-6-,18-14-. The highest BCUT2D eigenvalue weighted by Crippen LogP contribution is 2.25. The molecule has 1 heterocycles. The van der Waals surface area contributed by atoms with Crippen molar-refractivity contribution in [2.75, 3.05) is 24.7 Å². The predicted molar refractivity (Wildman–Crippen MR) is 121 cm³/mol. The van der Waals surface area contributed by atoms with Crippen LogP contribution in [0.4, 0.5) is 17.5 Å². The van der Waals surface area contributed by atoms with Crippen molar-refractivity contribution in [1.29, 1.82) is 0 Å². The van der Waals surface area contributed by atoms with E-state index in [1.165, 1.54) is 38.5 Å². The van der Waals surface area contributed by atoms with E-state index in [-0.39, 0.29) is 28.3 Å². The molecule has 2 aromatic rings. The summed E-state index contributed by atoms with van der Waals surface area (Å²) in [5, 5.41) is 15.4. The van der Waals surface area contributed by atoms with Crippen molar-refractivity contribution >= 4 is 39.1 Å². The maximum absolute atomic E-state index is 12.7. The third-order valence-electron chi connectivity index (χ3n) is 3.95. The van der Waals surface area contributed by atoms with Crippen LogP contribution in [0.1, 0.15) is 12.5 Å². The molecule has 0 atom stereocenters. The topological polar surface area (TPSA) is 107 Å². The molecule has 0 bridgehead atoms. The van der Waals surface area contributed by atoms with Crippen LogP contribution in [0.15, 0.2) is 65.9 Å². The number of sulfonamides is 1. The van der Waals surface area contributed by atoms with Crippen molar-refractivity contribution in [2.24, 2.45) is 0 Å². The molecule has 0 aliphatic carbocycles. The van der Waals surface area contributed by atoms with Gasteiger partial charge in [-0.2, -0.15) is 4.98 Å². The molecule has 10 heteroatoms. The third kappa shape index (κ3) is 5.90. The first kappa shape index (κ1) is 23.6. The van der Waals surface area contributed by atoms with Crippen LogP contribution in [-0.4, -0.2) is 41.9 Å². The molecule has 0 amide bonds. The van der Waals surface area contributed by atoms with Gasteiger partial charge in [-0.25, -0.2) is 17.7 Å². The highest BCUT2D eigenvalue weighted by Gasteiger charge is 2.21. The van der Waals surface area contributed by atoms with E-state index >= 15 is 0 Å². The Kier molecular flexibility index (Phi) is 8.13. The molecule has 30 heavy (non-hydrogen) atoms. The molecule has 0 spiro atoms. The van der Waals surface area contributed by atoms with E-state index in [1.54, 1.807) is 31.2 Å². The molecule has 8 nitrogen and oxygen atoms in total. The predicted octanol–water partition coefficient (Wildman–Crippen LogP) is 3.64. The highest BCUT2D eigenvalue weighted by molar-refractivity contribution is 7.93. The SMILES string of the molecule is C=C/C=C\C(=C(/C)Nc1nc(Nc2ccc(CO)cc2)ncc1Cl)S(=O)(=O)N(C)C. The van der Waals surface area contributed by atoms with Crippen LogP contribution in [0.25, 0.3) is 0 Å². The summed E-state index contributed by atoms with van der Waals surface area (Å²) in [6.07, 6.45) is 5.88. The number of benzene rings is 1. The van der Waals surface area contributed by atoms with Crippen LogP contribution >= 0.6 is 11.6 Å². The maximum Gasteiger partial charge on any atom is 0.244 e. The van der Waals surface area contributed by atoms with Gasteiger partial charge in [0.2, 0.25) is 16.0 Å². The minimum atomic E-state index is -3.72. The zero-order valence-corrected chi connectivity index (χ0v) is 18.5. The summed E-state index contributed by atoms with van der Waals surface area (Å²) in [4.78, 5) is 8.53. The number of halogens is 1. The molecule has 0 unspecified atom stereocenters. The fourth-order valence-corrected chi connectivity index (χ4v) is 3.55.